The number of aliphatic hydroxyl groups is 1. The molecule has 0 amide bonds. The number of epoxide rings is 1. The van der Waals surface area contributed by atoms with Crippen LogP contribution in [0.25, 0.3) is 0 Å². The van der Waals surface area contributed by atoms with Crippen LogP contribution in [0.3, 0.4) is 0 Å². The number of nitrogen functional groups attached to an aromatic ring is 1. The van der Waals surface area contributed by atoms with E-state index in [2.05, 4.69) is 4.74 Å². The van der Waals surface area contributed by atoms with Crippen LogP contribution in [0.15, 0.2) is 48.5 Å². The van der Waals surface area contributed by atoms with E-state index in [4.69, 9.17) is 5.73 Å². The highest BCUT2D eigenvalue weighted by atomic mass is 16.6. The molecule has 3 rings (SSSR count). The molecule has 1 atom stereocenters. The Labute approximate surface area is 138 Å². The molecule has 7 heteroatoms. The highest BCUT2D eigenvalue weighted by molar-refractivity contribution is 6.00. The number of aliphatic hydroxyl groups excluding tert-OH is 1. The number of carbonyl (C=O) groups excluding carboxylic acids is 1. The molecule has 1 heterocycles. The molecule has 1 aliphatic heterocycles. The molecule has 0 aromatic heterocycles. The quantitative estimate of drug-likeness (QED) is 0.286. The maximum atomic E-state index is 12.1. The van der Waals surface area contributed by atoms with E-state index in [1.807, 2.05) is 0 Å². The number of nitro benzene ring substituents is 1. The van der Waals surface area contributed by atoms with Crippen LogP contribution < -0.4 is 5.73 Å². The Bertz CT molecular complexity index is 728. The van der Waals surface area contributed by atoms with Crippen LogP contribution in [-0.4, -0.2) is 29.0 Å². The largest absolute Gasteiger partial charge is 0.398 e. The van der Waals surface area contributed by atoms with E-state index in [0.717, 1.165) is 13.2 Å². The monoisotopic (exact) mass is 330 g/mol. The Morgan fingerprint density at radius 1 is 1.25 bits per heavy atom. The third kappa shape index (κ3) is 5.15. The smallest absolute Gasteiger partial charge is 0.269 e. The second-order valence-electron chi connectivity index (χ2n) is 5.19. The van der Waals surface area contributed by atoms with Gasteiger partial charge in [0.2, 0.25) is 0 Å². The second-order valence-corrected chi connectivity index (χ2v) is 5.19. The number of nitrogens with zero attached hydrogens (tertiary/aromatic N) is 1. The Kier molecular flexibility index (Phi) is 6.00. The average molecular weight is 330 g/mol. The van der Waals surface area contributed by atoms with Crippen molar-refractivity contribution in [1.29, 1.82) is 0 Å². The van der Waals surface area contributed by atoms with E-state index < -0.39 is 11.0 Å². The molecule has 1 aliphatic rings. The highest BCUT2D eigenvalue weighted by Gasteiger charge is 2.18. The van der Waals surface area contributed by atoms with Crippen molar-refractivity contribution in [3.05, 3.63) is 69.8 Å². The Hall–Kier alpha value is -2.77. The number of para-hydroxylation sites is 1. The molecular formula is C17H18N2O5. The van der Waals surface area contributed by atoms with E-state index in [9.17, 15) is 20.0 Å². The number of ketones is 1. The predicted molar refractivity (Wildman–Crippen MR) is 88.7 cm³/mol. The lowest BCUT2D eigenvalue weighted by atomic mass is 9.99. The van der Waals surface area contributed by atoms with Gasteiger partial charge in [-0.1, -0.05) is 24.3 Å². The lowest BCUT2D eigenvalue weighted by Crippen LogP contribution is -2.09. The maximum Gasteiger partial charge on any atom is 0.269 e. The Morgan fingerprint density at radius 2 is 1.92 bits per heavy atom. The van der Waals surface area contributed by atoms with E-state index in [-0.39, 0.29) is 17.9 Å². The van der Waals surface area contributed by atoms with Crippen molar-refractivity contribution >= 4 is 17.2 Å². The standard InChI is InChI=1S/C15H14N2O4.C2H4O/c16-13-7-2-1-6-12(13)15(19)9-14(18)10-4-3-5-11(8-10)17(20)21;1-2-3-1/h1-8,14,18H,9,16H2;1-2H2. The van der Waals surface area contributed by atoms with E-state index in [1.54, 1.807) is 30.3 Å². The maximum absolute atomic E-state index is 12.1. The zero-order chi connectivity index (χ0) is 17.5. The summed E-state index contributed by atoms with van der Waals surface area (Å²) in [7, 11) is 0. The molecular weight excluding hydrogens is 312 g/mol. The highest BCUT2D eigenvalue weighted by Crippen LogP contribution is 2.24. The summed E-state index contributed by atoms with van der Waals surface area (Å²) in [4.78, 5) is 22.3. The van der Waals surface area contributed by atoms with E-state index >= 15 is 0 Å². The summed E-state index contributed by atoms with van der Waals surface area (Å²) >= 11 is 0. The number of rotatable bonds is 5. The zero-order valence-electron chi connectivity index (χ0n) is 12.9. The molecule has 1 fully saturated rings. The van der Waals surface area contributed by atoms with Crippen LogP contribution in [0.2, 0.25) is 0 Å². The third-order valence-electron chi connectivity index (χ3n) is 3.31. The van der Waals surface area contributed by atoms with Crippen molar-refractivity contribution in [3.63, 3.8) is 0 Å². The first kappa shape index (κ1) is 17.6. The van der Waals surface area contributed by atoms with Gasteiger partial charge in [0, 0.05) is 29.8 Å². The first-order valence-corrected chi connectivity index (χ1v) is 7.37. The molecule has 0 spiro atoms. The minimum absolute atomic E-state index is 0.127. The summed E-state index contributed by atoms with van der Waals surface area (Å²) in [6.07, 6.45) is -1.30. The van der Waals surface area contributed by atoms with E-state index in [0.29, 0.717) is 16.8 Å². The Morgan fingerprint density at radius 3 is 2.50 bits per heavy atom. The van der Waals surface area contributed by atoms with Crippen molar-refractivity contribution in [2.45, 2.75) is 12.5 Å². The molecule has 3 N–H and O–H groups in total. The molecule has 126 valence electrons. The SMILES string of the molecule is C1CO1.Nc1ccccc1C(=O)CC(O)c1cccc([N+](=O)[O-])c1. The average Bonchev–Trinajstić information content (AvgIpc) is 3.44. The van der Waals surface area contributed by atoms with Crippen molar-refractivity contribution in [2.75, 3.05) is 18.9 Å². The summed E-state index contributed by atoms with van der Waals surface area (Å²) < 4.78 is 4.50. The summed E-state index contributed by atoms with van der Waals surface area (Å²) in [6.45, 7) is 2.00. The van der Waals surface area contributed by atoms with Crippen LogP contribution in [-0.2, 0) is 4.74 Å². The topological polar surface area (TPSA) is 119 Å². The molecule has 0 aliphatic carbocycles. The number of Topliss-reactive ketones (excluding diaryl/α,β-unsaturated/α-hetero) is 1. The number of hydrogen-bond donors (Lipinski definition) is 2. The molecule has 2 aromatic rings. The molecule has 7 nitrogen and oxygen atoms in total. The first-order chi connectivity index (χ1) is 11.5. The minimum atomic E-state index is -1.11. The van der Waals surface area contributed by atoms with Crippen LogP contribution in [0.1, 0.15) is 28.4 Å². The molecule has 24 heavy (non-hydrogen) atoms. The van der Waals surface area contributed by atoms with Gasteiger partial charge in [-0.3, -0.25) is 14.9 Å². The van der Waals surface area contributed by atoms with Gasteiger partial charge in [0.05, 0.1) is 24.2 Å². The van der Waals surface area contributed by atoms with Gasteiger partial charge in [0.25, 0.3) is 5.69 Å². The van der Waals surface area contributed by atoms with Crippen LogP contribution >= 0.6 is 0 Å². The number of non-ortho nitro benzene ring substituents is 1. The predicted octanol–water partition coefficient (Wildman–Crippen LogP) is 2.50. The summed E-state index contributed by atoms with van der Waals surface area (Å²) in [5.74, 6) is -0.313. The van der Waals surface area contributed by atoms with Gasteiger partial charge in [0.15, 0.2) is 5.78 Å². The second kappa shape index (κ2) is 8.19. The lowest BCUT2D eigenvalue weighted by molar-refractivity contribution is -0.385. The number of benzene rings is 2. The van der Waals surface area contributed by atoms with E-state index in [1.165, 1.54) is 18.2 Å². The van der Waals surface area contributed by atoms with Crippen molar-refractivity contribution < 1.29 is 19.6 Å². The zero-order valence-corrected chi connectivity index (χ0v) is 12.9. The molecule has 1 saturated heterocycles. The fraction of sp³-hybridized carbons (Fsp3) is 0.235. The molecule has 1 unspecified atom stereocenters. The van der Waals surface area contributed by atoms with Gasteiger partial charge in [-0.25, -0.2) is 0 Å². The number of nitrogens with two attached hydrogens (primary N) is 1. The fourth-order valence-corrected chi connectivity index (χ4v) is 2.00. The number of ether oxygens (including phenoxy) is 1. The van der Waals surface area contributed by atoms with Gasteiger partial charge >= 0.3 is 0 Å². The molecule has 0 radical (unpaired) electrons. The minimum Gasteiger partial charge on any atom is -0.398 e. The van der Waals surface area contributed by atoms with Gasteiger partial charge < -0.3 is 15.6 Å². The van der Waals surface area contributed by atoms with Gasteiger partial charge in [0.1, 0.15) is 0 Å². The fourth-order valence-electron chi connectivity index (χ4n) is 2.00. The van der Waals surface area contributed by atoms with Crippen LogP contribution in [0, 0.1) is 10.1 Å². The van der Waals surface area contributed by atoms with Crippen LogP contribution in [0.5, 0.6) is 0 Å². The number of hydrogen-bond acceptors (Lipinski definition) is 6. The van der Waals surface area contributed by atoms with Crippen molar-refractivity contribution in [2.24, 2.45) is 0 Å². The lowest BCUT2D eigenvalue weighted by Gasteiger charge is -2.11. The Balaban J connectivity index is 0.000000623. The normalized spacial score (nSPS) is 13.4. The molecule has 2 aromatic carbocycles. The summed E-state index contributed by atoms with van der Waals surface area (Å²) in [5, 5.41) is 20.8. The first-order valence-electron chi connectivity index (χ1n) is 7.37. The summed E-state index contributed by atoms with van der Waals surface area (Å²) in [6, 6.07) is 12.2. The number of carbonyl (C=O) groups is 1. The number of nitro groups is 1. The van der Waals surface area contributed by atoms with Gasteiger partial charge in [-0.15, -0.1) is 0 Å². The summed E-state index contributed by atoms with van der Waals surface area (Å²) in [5.41, 5.74) is 6.58. The van der Waals surface area contributed by atoms with Crippen molar-refractivity contribution in [1.82, 2.24) is 0 Å². The number of anilines is 1. The van der Waals surface area contributed by atoms with Crippen molar-refractivity contribution in [3.8, 4) is 0 Å². The van der Waals surface area contributed by atoms with Gasteiger partial charge in [-0.2, -0.15) is 0 Å². The molecule has 0 saturated carbocycles. The third-order valence-corrected chi connectivity index (χ3v) is 3.31. The van der Waals surface area contributed by atoms with Gasteiger partial charge in [-0.05, 0) is 17.7 Å². The molecule has 0 bridgehead atoms. The van der Waals surface area contributed by atoms with Crippen LogP contribution in [0.4, 0.5) is 11.4 Å².